The van der Waals surface area contributed by atoms with Crippen LogP contribution in [-0.2, 0) is 18.6 Å². The maximum Gasteiger partial charge on any atom is 0.429 e. The molecule has 0 atom stereocenters. The molecule has 0 spiro atoms. The zero-order valence-corrected chi connectivity index (χ0v) is 23.4. The van der Waals surface area contributed by atoms with Gasteiger partial charge in [-0.05, 0) is 66.4 Å². The van der Waals surface area contributed by atoms with Crippen LogP contribution in [0.25, 0.3) is 12.2 Å². The Bertz CT molecular complexity index is 1640. The standard InChI is InChI=1S/C33H24F10O2/c1-2-3-4-5-19-6-9-21(10-7-19)32(40,41)44-22-11-13-25(28(36)16-22)33(42,43)45-23-17-26(34)24(27(35)18-23)12-8-20-14-29(37)31(39)30(38)15-20/h6-18H,2-5H2,1H3. The molecular weight excluding hydrogens is 618 g/mol. The number of aryl methyl sites for hydroxylation is 1. The minimum atomic E-state index is -4.53. The van der Waals surface area contributed by atoms with Crippen molar-refractivity contribution in [1.29, 1.82) is 0 Å². The van der Waals surface area contributed by atoms with E-state index < -0.39 is 75.3 Å². The highest BCUT2D eigenvalue weighted by molar-refractivity contribution is 5.70. The van der Waals surface area contributed by atoms with Crippen molar-refractivity contribution in [2.24, 2.45) is 0 Å². The Morgan fingerprint density at radius 3 is 1.76 bits per heavy atom. The molecule has 0 aliphatic rings. The third kappa shape index (κ3) is 8.17. The second-order valence-electron chi connectivity index (χ2n) is 9.97. The van der Waals surface area contributed by atoms with Gasteiger partial charge in [0.2, 0.25) is 0 Å². The highest BCUT2D eigenvalue weighted by atomic mass is 19.3. The summed E-state index contributed by atoms with van der Waals surface area (Å²) in [7, 11) is 0. The number of hydrogen-bond acceptors (Lipinski definition) is 2. The van der Waals surface area contributed by atoms with E-state index in [0.29, 0.717) is 42.8 Å². The molecule has 0 unspecified atom stereocenters. The van der Waals surface area contributed by atoms with Crippen LogP contribution >= 0.6 is 0 Å². The van der Waals surface area contributed by atoms with Crippen LogP contribution in [0.2, 0.25) is 0 Å². The molecule has 4 aromatic carbocycles. The van der Waals surface area contributed by atoms with Gasteiger partial charge < -0.3 is 9.47 Å². The maximum atomic E-state index is 14.8. The minimum Gasteiger partial charge on any atom is -0.429 e. The first kappa shape index (κ1) is 33.4. The fraction of sp³-hybridized carbons (Fsp3) is 0.212. The molecule has 0 aliphatic carbocycles. The van der Waals surface area contributed by atoms with Crippen LogP contribution in [0.15, 0.2) is 66.7 Å². The topological polar surface area (TPSA) is 18.5 Å². The van der Waals surface area contributed by atoms with Crippen LogP contribution in [0.1, 0.15) is 54.0 Å². The van der Waals surface area contributed by atoms with E-state index in [1.165, 1.54) is 12.1 Å². The quantitative estimate of drug-likeness (QED) is 0.0663. The Morgan fingerprint density at radius 2 is 1.18 bits per heavy atom. The van der Waals surface area contributed by atoms with E-state index in [0.717, 1.165) is 49.1 Å². The van der Waals surface area contributed by atoms with Crippen molar-refractivity contribution in [2.75, 3.05) is 0 Å². The van der Waals surface area contributed by atoms with Gasteiger partial charge in [-0.2, -0.15) is 17.6 Å². The van der Waals surface area contributed by atoms with E-state index in [4.69, 9.17) is 0 Å². The van der Waals surface area contributed by atoms with Gasteiger partial charge in [0, 0.05) is 23.8 Å². The summed E-state index contributed by atoms with van der Waals surface area (Å²) in [6, 6.07) is 8.46. The molecule has 0 saturated heterocycles. The van der Waals surface area contributed by atoms with Crippen LogP contribution in [-0.4, -0.2) is 0 Å². The Balaban J connectivity index is 1.47. The molecule has 12 heteroatoms. The number of hydrogen-bond donors (Lipinski definition) is 0. The van der Waals surface area contributed by atoms with Gasteiger partial charge in [0.15, 0.2) is 17.5 Å². The zero-order valence-electron chi connectivity index (χ0n) is 23.4. The predicted octanol–water partition coefficient (Wildman–Crippen LogP) is 10.7. The van der Waals surface area contributed by atoms with Gasteiger partial charge in [0.25, 0.3) is 0 Å². The third-order valence-corrected chi connectivity index (χ3v) is 6.61. The summed E-state index contributed by atoms with van der Waals surface area (Å²) in [5.74, 6) is -11.3. The molecule has 4 aromatic rings. The summed E-state index contributed by atoms with van der Waals surface area (Å²) >= 11 is 0. The first-order valence-corrected chi connectivity index (χ1v) is 13.5. The van der Waals surface area contributed by atoms with Gasteiger partial charge in [-0.25, -0.2) is 26.3 Å². The highest BCUT2D eigenvalue weighted by Gasteiger charge is 2.39. The van der Waals surface area contributed by atoms with Crippen LogP contribution in [0.5, 0.6) is 11.5 Å². The Kier molecular flexibility index (Phi) is 10.1. The Labute approximate surface area is 251 Å². The molecule has 0 N–H and O–H groups in total. The molecule has 2 nitrogen and oxygen atoms in total. The lowest BCUT2D eigenvalue weighted by Gasteiger charge is -2.21. The second kappa shape index (κ2) is 13.7. The maximum absolute atomic E-state index is 14.8. The molecule has 0 aromatic heterocycles. The van der Waals surface area contributed by atoms with Crippen molar-refractivity contribution < 1.29 is 53.4 Å². The van der Waals surface area contributed by atoms with Gasteiger partial charge in [-0.1, -0.05) is 38.0 Å². The average Bonchev–Trinajstić information content (AvgIpc) is 2.95. The number of benzene rings is 4. The molecule has 0 fully saturated rings. The zero-order chi connectivity index (χ0) is 32.9. The smallest absolute Gasteiger partial charge is 0.429 e. The fourth-order valence-corrected chi connectivity index (χ4v) is 4.28. The van der Waals surface area contributed by atoms with Crippen molar-refractivity contribution in [3.8, 4) is 11.5 Å². The van der Waals surface area contributed by atoms with Crippen LogP contribution < -0.4 is 9.47 Å². The minimum absolute atomic E-state index is 0.288. The van der Waals surface area contributed by atoms with E-state index in [1.807, 2.05) is 6.92 Å². The first-order chi connectivity index (χ1) is 21.2. The number of halogens is 10. The van der Waals surface area contributed by atoms with E-state index in [9.17, 15) is 43.9 Å². The van der Waals surface area contributed by atoms with Gasteiger partial charge in [-0.15, -0.1) is 0 Å². The molecule has 0 saturated carbocycles. The number of unbranched alkanes of at least 4 members (excludes halogenated alkanes) is 2. The molecule has 0 heterocycles. The summed E-state index contributed by atoms with van der Waals surface area (Å²) in [5.41, 5.74) is -2.27. The summed E-state index contributed by atoms with van der Waals surface area (Å²) in [6.45, 7) is 2.03. The molecule has 0 amide bonds. The molecule has 4 rings (SSSR count). The lowest BCUT2D eigenvalue weighted by Crippen LogP contribution is -2.24. The first-order valence-electron chi connectivity index (χ1n) is 13.5. The van der Waals surface area contributed by atoms with Crippen molar-refractivity contribution in [3.63, 3.8) is 0 Å². The van der Waals surface area contributed by atoms with Crippen molar-refractivity contribution in [2.45, 2.75) is 44.8 Å². The Hall–Kier alpha value is -4.48. The van der Waals surface area contributed by atoms with Gasteiger partial charge in [0.1, 0.15) is 34.5 Å². The lowest BCUT2D eigenvalue weighted by atomic mass is 10.1. The molecular formula is C33H24F10O2. The van der Waals surface area contributed by atoms with Gasteiger partial charge in [0.05, 0.1) is 5.56 Å². The summed E-state index contributed by atoms with van der Waals surface area (Å²) in [6.07, 6.45) is -3.33. The number of ether oxygens (including phenoxy) is 2. The second-order valence-corrected chi connectivity index (χ2v) is 9.97. The molecule has 0 radical (unpaired) electrons. The predicted molar refractivity (Wildman–Crippen MR) is 147 cm³/mol. The van der Waals surface area contributed by atoms with Crippen LogP contribution in [0.3, 0.4) is 0 Å². The molecule has 0 bridgehead atoms. The van der Waals surface area contributed by atoms with Crippen LogP contribution in [0.4, 0.5) is 43.9 Å². The normalized spacial score (nSPS) is 12.2. The molecule has 238 valence electrons. The van der Waals surface area contributed by atoms with Crippen LogP contribution in [0, 0.1) is 34.9 Å². The van der Waals surface area contributed by atoms with Crippen molar-refractivity contribution in [3.05, 3.63) is 129 Å². The summed E-state index contributed by atoms with van der Waals surface area (Å²) < 4.78 is 152. The van der Waals surface area contributed by atoms with E-state index >= 15 is 0 Å². The van der Waals surface area contributed by atoms with E-state index in [2.05, 4.69) is 9.47 Å². The molecule has 0 aliphatic heterocycles. The Morgan fingerprint density at radius 1 is 0.600 bits per heavy atom. The number of rotatable bonds is 12. The van der Waals surface area contributed by atoms with Crippen molar-refractivity contribution >= 4 is 12.2 Å². The summed E-state index contributed by atoms with van der Waals surface area (Å²) in [4.78, 5) is 0. The van der Waals surface area contributed by atoms with Crippen molar-refractivity contribution in [1.82, 2.24) is 0 Å². The van der Waals surface area contributed by atoms with E-state index in [1.54, 1.807) is 0 Å². The lowest BCUT2D eigenvalue weighted by molar-refractivity contribution is -0.188. The third-order valence-electron chi connectivity index (χ3n) is 6.61. The highest BCUT2D eigenvalue weighted by Crippen LogP contribution is 2.38. The molecule has 45 heavy (non-hydrogen) atoms. The van der Waals surface area contributed by atoms with Gasteiger partial charge in [-0.3, -0.25) is 0 Å². The fourth-order valence-electron chi connectivity index (χ4n) is 4.28. The number of alkyl halides is 4. The largest absolute Gasteiger partial charge is 0.429 e. The van der Waals surface area contributed by atoms with E-state index in [-0.39, 0.29) is 11.6 Å². The average molecular weight is 643 g/mol. The monoisotopic (exact) mass is 642 g/mol. The SMILES string of the molecule is CCCCCc1ccc(C(F)(F)Oc2ccc(C(F)(F)Oc3cc(F)c(C=Cc4cc(F)c(F)c(F)c4)c(F)c3)c(F)c2)cc1. The summed E-state index contributed by atoms with van der Waals surface area (Å²) in [5, 5.41) is 0. The van der Waals surface area contributed by atoms with Gasteiger partial charge >= 0.3 is 12.2 Å².